The van der Waals surface area contributed by atoms with Crippen molar-refractivity contribution in [3.63, 3.8) is 0 Å². The van der Waals surface area contributed by atoms with Crippen LogP contribution >= 0.6 is 0 Å². The Balaban J connectivity index is 2.54. The molecule has 6 heteroatoms. The summed E-state index contributed by atoms with van der Waals surface area (Å²) in [5.74, 6) is -0.582. The zero-order valence-corrected chi connectivity index (χ0v) is 17.5. The lowest BCUT2D eigenvalue weighted by atomic mass is 9.97. The van der Waals surface area contributed by atoms with E-state index in [9.17, 15) is 15.0 Å². The van der Waals surface area contributed by atoms with Crippen LogP contribution in [0, 0.1) is 0 Å². The smallest absolute Gasteiger partial charge is 0.342 e. The van der Waals surface area contributed by atoms with Crippen molar-refractivity contribution in [3.05, 3.63) is 70.3 Å². The lowest BCUT2D eigenvalue weighted by molar-refractivity contribution is 0.00910. The summed E-state index contributed by atoms with van der Waals surface area (Å²) in [7, 11) is 1.50. The van der Waals surface area contributed by atoms with E-state index in [2.05, 4.69) is 0 Å². The number of methoxy groups -OCH3 is 1. The Morgan fingerprint density at radius 1 is 1.17 bits per heavy atom. The number of allylic oxidation sites excluding steroid dienone is 2. The highest BCUT2D eigenvalue weighted by Gasteiger charge is 2.24. The molecule has 6 nitrogen and oxygen atoms in total. The molecule has 1 atom stereocenters. The van der Waals surface area contributed by atoms with Crippen LogP contribution in [0.15, 0.2) is 48.0 Å². The van der Waals surface area contributed by atoms with Crippen molar-refractivity contribution in [3.8, 4) is 11.5 Å². The molecule has 0 amide bonds. The number of esters is 1. The Hall–Kier alpha value is -3.09. The standard InChI is InChI=1S/C24H28O6/c1-16(2)9-12-20-21(29-3)13-18(11-10-17-7-5-4-6-8-17)22(23(20)27)24(28)30-15-19(26)14-25/h4-11,13,19,25-27H,12,14-15H2,1-3H3/b11-10+. The quantitative estimate of drug-likeness (QED) is 0.331. The minimum Gasteiger partial charge on any atom is -0.507 e. The first kappa shape index (κ1) is 23.2. The number of phenols is 1. The van der Waals surface area contributed by atoms with Gasteiger partial charge in [-0.3, -0.25) is 0 Å². The van der Waals surface area contributed by atoms with Gasteiger partial charge in [0, 0.05) is 5.56 Å². The first-order valence-corrected chi connectivity index (χ1v) is 9.62. The number of hydrogen-bond donors (Lipinski definition) is 3. The normalized spacial score (nSPS) is 11.9. The van der Waals surface area contributed by atoms with Crippen molar-refractivity contribution in [1.29, 1.82) is 0 Å². The van der Waals surface area contributed by atoms with Crippen molar-refractivity contribution in [2.75, 3.05) is 20.3 Å². The lowest BCUT2D eigenvalue weighted by Gasteiger charge is -2.16. The number of aromatic hydroxyl groups is 1. The zero-order valence-electron chi connectivity index (χ0n) is 17.5. The van der Waals surface area contributed by atoms with Crippen LogP contribution in [0.5, 0.6) is 11.5 Å². The number of ether oxygens (including phenoxy) is 2. The predicted octanol–water partition coefficient (Wildman–Crippen LogP) is 3.59. The molecule has 0 bridgehead atoms. The number of phenolic OH excluding ortho intramolecular Hbond substituents is 1. The highest BCUT2D eigenvalue weighted by molar-refractivity contribution is 5.98. The van der Waals surface area contributed by atoms with Gasteiger partial charge in [0.05, 0.1) is 13.7 Å². The number of carbonyl (C=O) groups excluding carboxylic acids is 1. The van der Waals surface area contributed by atoms with E-state index in [1.165, 1.54) is 7.11 Å². The van der Waals surface area contributed by atoms with Gasteiger partial charge < -0.3 is 24.8 Å². The number of rotatable bonds is 9. The topological polar surface area (TPSA) is 96.2 Å². The van der Waals surface area contributed by atoms with Gasteiger partial charge in [0.15, 0.2) is 0 Å². The van der Waals surface area contributed by atoms with Crippen molar-refractivity contribution < 1.29 is 29.6 Å². The van der Waals surface area contributed by atoms with E-state index in [1.54, 1.807) is 12.1 Å². The zero-order chi connectivity index (χ0) is 22.1. The Bertz CT molecular complexity index is 911. The summed E-state index contributed by atoms with van der Waals surface area (Å²) in [6.45, 7) is 2.96. The van der Waals surface area contributed by atoms with Crippen LogP contribution in [0.1, 0.15) is 40.9 Å². The van der Waals surface area contributed by atoms with Gasteiger partial charge in [-0.25, -0.2) is 4.79 Å². The minimum atomic E-state index is -1.19. The summed E-state index contributed by atoms with van der Waals surface area (Å²) in [4.78, 5) is 12.7. The van der Waals surface area contributed by atoms with E-state index in [-0.39, 0.29) is 17.9 Å². The van der Waals surface area contributed by atoms with Crippen LogP contribution in [0.2, 0.25) is 0 Å². The van der Waals surface area contributed by atoms with Crippen LogP contribution in [0.4, 0.5) is 0 Å². The Labute approximate surface area is 176 Å². The van der Waals surface area contributed by atoms with Gasteiger partial charge in [0.1, 0.15) is 29.8 Å². The van der Waals surface area contributed by atoms with E-state index >= 15 is 0 Å². The molecule has 2 aromatic carbocycles. The summed E-state index contributed by atoms with van der Waals surface area (Å²) in [5.41, 5.74) is 2.83. The first-order chi connectivity index (χ1) is 14.4. The van der Waals surface area contributed by atoms with Crippen molar-refractivity contribution in [1.82, 2.24) is 0 Å². The van der Waals surface area contributed by atoms with Gasteiger partial charge in [0.25, 0.3) is 0 Å². The van der Waals surface area contributed by atoms with Gasteiger partial charge in [-0.05, 0) is 37.5 Å². The maximum Gasteiger partial charge on any atom is 0.342 e. The van der Waals surface area contributed by atoms with Crippen molar-refractivity contribution in [2.24, 2.45) is 0 Å². The molecule has 0 fully saturated rings. The van der Waals surface area contributed by atoms with E-state index in [1.807, 2.05) is 56.3 Å². The lowest BCUT2D eigenvalue weighted by Crippen LogP contribution is -2.22. The molecule has 0 saturated carbocycles. The van der Waals surface area contributed by atoms with Gasteiger partial charge in [0.2, 0.25) is 0 Å². The Morgan fingerprint density at radius 3 is 2.47 bits per heavy atom. The highest BCUT2D eigenvalue weighted by atomic mass is 16.5. The second kappa shape index (κ2) is 11.2. The van der Waals surface area contributed by atoms with Gasteiger partial charge in [-0.1, -0.05) is 54.1 Å². The molecule has 0 saturated heterocycles. The van der Waals surface area contributed by atoms with Crippen LogP contribution in [-0.2, 0) is 11.2 Å². The third-order valence-corrected chi connectivity index (χ3v) is 4.41. The average Bonchev–Trinajstić information content (AvgIpc) is 2.75. The number of carbonyl (C=O) groups is 1. The maximum absolute atomic E-state index is 12.7. The molecule has 0 radical (unpaired) electrons. The Kier molecular flexibility index (Phi) is 8.65. The molecule has 0 aliphatic heterocycles. The molecular weight excluding hydrogens is 384 g/mol. The Morgan fingerprint density at radius 2 is 1.87 bits per heavy atom. The van der Waals surface area contributed by atoms with Crippen molar-refractivity contribution >= 4 is 18.1 Å². The fourth-order valence-electron chi connectivity index (χ4n) is 2.78. The van der Waals surface area contributed by atoms with E-state index < -0.39 is 18.7 Å². The summed E-state index contributed by atoms with van der Waals surface area (Å²) >= 11 is 0. The molecule has 30 heavy (non-hydrogen) atoms. The molecule has 0 aliphatic carbocycles. The third-order valence-electron chi connectivity index (χ3n) is 4.41. The van der Waals surface area contributed by atoms with Crippen LogP contribution in [-0.4, -0.2) is 47.7 Å². The maximum atomic E-state index is 12.7. The number of benzene rings is 2. The van der Waals surface area contributed by atoms with Crippen LogP contribution in [0.3, 0.4) is 0 Å². The summed E-state index contributed by atoms with van der Waals surface area (Å²) < 4.78 is 10.6. The summed E-state index contributed by atoms with van der Waals surface area (Å²) in [6.07, 6.45) is 4.61. The van der Waals surface area contributed by atoms with E-state index in [0.29, 0.717) is 23.3 Å². The minimum absolute atomic E-state index is 0.0229. The first-order valence-electron chi connectivity index (χ1n) is 9.62. The summed E-state index contributed by atoms with van der Waals surface area (Å²) in [5, 5.41) is 29.4. The second-order valence-electron chi connectivity index (χ2n) is 7.03. The largest absolute Gasteiger partial charge is 0.507 e. The molecule has 1 unspecified atom stereocenters. The van der Waals surface area contributed by atoms with E-state index in [0.717, 1.165) is 11.1 Å². The fourth-order valence-corrected chi connectivity index (χ4v) is 2.78. The van der Waals surface area contributed by atoms with Crippen LogP contribution < -0.4 is 4.74 Å². The highest BCUT2D eigenvalue weighted by Crippen LogP contribution is 2.36. The number of hydrogen-bond acceptors (Lipinski definition) is 6. The summed E-state index contributed by atoms with van der Waals surface area (Å²) in [6, 6.07) is 11.2. The molecule has 160 valence electrons. The monoisotopic (exact) mass is 412 g/mol. The third kappa shape index (κ3) is 6.20. The molecule has 0 aromatic heterocycles. The molecular formula is C24H28O6. The molecule has 3 N–H and O–H groups in total. The molecule has 0 spiro atoms. The average molecular weight is 412 g/mol. The van der Waals surface area contributed by atoms with Crippen molar-refractivity contribution in [2.45, 2.75) is 26.4 Å². The fraction of sp³-hybridized carbons (Fsp3) is 0.292. The van der Waals surface area contributed by atoms with E-state index in [4.69, 9.17) is 14.6 Å². The van der Waals surface area contributed by atoms with Gasteiger partial charge in [-0.2, -0.15) is 0 Å². The molecule has 2 aromatic rings. The number of aliphatic hydroxyl groups excluding tert-OH is 2. The molecule has 2 rings (SSSR count). The second-order valence-corrected chi connectivity index (χ2v) is 7.03. The van der Waals surface area contributed by atoms with Crippen LogP contribution in [0.25, 0.3) is 12.2 Å². The number of aliphatic hydroxyl groups is 2. The molecule has 0 heterocycles. The molecule has 0 aliphatic rings. The predicted molar refractivity (Wildman–Crippen MR) is 117 cm³/mol. The van der Waals surface area contributed by atoms with Gasteiger partial charge in [-0.15, -0.1) is 0 Å². The SMILES string of the molecule is COc1cc(/C=C/c2ccccc2)c(C(=O)OCC(O)CO)c(O)c1CC=C(C)C. The van der Waals surface area contributed by atoms with Gasteiger partial charge >= 0.3 is 5.97 Å².